The second-order valence-electron chi connectivity index (χ2n) is 8.19. The second kappa shape index (κ2) is 9.48. The molecule has 1 unspecified atom stereocenters. The molecule has 2 aromatic rings. The van der Waals surface area contributed by atoms with Crippen LogP contribution in [-0.4, -0.2) is 72.1 Å². The quantitative estimate of drug-likeness (QED) is 0.623. The van der Waals surface area contributed by atoms with Crippen LogP contribution in [0.4, 0.5) is 5.69 Å². The highest BCUT2D eigenvalue weighted by Gasteiger charge is 2.35. The molecule has 0 saturated carbocycles. The Kier molecular flexibility index (Phi) is 6.48. The topological polar surface area (TPSA) is 100 Å². The number of rotatable bonds is 6. The van der Waals surface area contributed by atoms with Gasteiger partial charge in [-0.3, -0.25) is 24.1 Å². The van der Waals surface area contributed by atoms with E-state index in [-0.39, 0.29) is 35.8 Å². The number of furan rings is 1. The van der Waals surface area contributed by atoms with Crippen LogP contribution in [0.15, 0.2) is 41.0 Å². The smallest absolute Gasteiger partial charge is 0.289 e. The number of nitrogens with zero attached hydrogens (tertiary/aromatic N) is 3. The lowest BCUT2D eigenvalue weighted by Gasteiger charge is -2.37. The van der Waals surface area contributed by atoms with E-state index in [0.29, 0.717) is 49.6 Å². The van der Waals surface area contributed by atoms with E-state index in [9.17, 15) is 19.2 Å². The van der Waals surface area contributed by atoms with Crippen molar-refractivity contribution < 1.29 is 28.3 Å². The largest absolute Gasteiger partial charge is 0.479 e. The summed E-state index contributed by atoms with van der Waals surface area (Å²) < 4.78 is 10.9. The number of fused-ring (bicyclic) bond motifs is 1. The van der Waals surface area contributed by atoms with E-state index in [1.807, 2.05) is 6.92 Å². The Bertz CT molecular complexity index is 1060. The molecular formula is C24H27N3O6. The first kappa shape index (κ1) is 22.6. The molecule has 1 aromatic heterocycles. The molecule has 1 aromatic carbocycles. The summed E-state index contributed by atoms with van der Waals surface area (Å²) in [6, 6.07) is 8.27. The zero-order valence-electron chi connectivity index (χ0n) is 18.8. The molecule has 2 aliphatic heterocycles. The maximum atomic E-state index is 13.1. The van der Waals surface area contributed by atoms with Crippen molar-refractivity contribution in [2.75, 3.05) is 37.6 Å². The lowest BCUT2D eigenvalue weighted by atomic mass is 10.0. The molecule has 0 radical (unpaired) electrons. The van der Waals surface area contributed by atoms with Crippen molar-refractivity contribution in [1.82, 2.24) is 9.80 Å². The Morgan fingerprint density at radius 1 is 1.06 bits per heavy atom. The Morgan fingerprint density at radius 3 is 2.45 bits per heavy atom. The van der Waals surface area contributed by atoms with E-state index in [1.54, 1.807) is 47.1 Å². The fourth-order valence-corrected chi connectivity index (χ4v) is 4.07. The molecule has 0 N–H and O–H groups in total. The summed E-state index contributed by atoms with van der Waals surface area (Å²) in [6.07, 6.45) is 1.85. The lowest BCUT2D eigenvalue weighted by Crippen LogP contribution is -2.54. The van der Waals surface area contributed by atoms with Gasteiger partial charge in [0.2, 0.25) is 5.91 Å². The minimum Gasteiger partial charge on any atom is -0.479 e. The summed E-state index contributed by atoms with van der Waals surface area (Å²) in [4.78, 5) is 55.4. The van der Waals surface area contributed by atoms with Crippen LogP contribution in [0.5, 0.6) is 5.75 Å². The van der Waals surface area contributed by atoms with Crippen LogP contribution in [0.3, 0.4) is 0 Å². The Balaban J connectivity index is 1.45. The van der Waals surface area contributed by atoms with Crippen molar-refractivity contribution in [3.63, 3.8) is 0 Å². The van der Waals surface area contributed by atoms with E-state index >= 15 is 0 Å². The zero-order chi connectivity index (χ0) is 23.5. The Morgan fingerprint density at radius 2 is 1.79 bits per heavy atom. The molecule has 9 heteroatoms. The summed E-state index contributed by atoms with van der Waals surface area (Å²) in [7, 11) is 0. The minimum atomic E-state index is -0.731. The van der Waals surface area contributed by atoms with Crippen molar-refractivity contribution >= 4 is 29.2 Å². The number of amides is 3. The molecule has 4 rings (SSSR count). The maximum absolute atomic E-state index is 13.1. The van der Waals surface area contributed by atoms with E-state index in [2.05, 4.69) is 0 Å². The van der Waals surface area contributed by atoms with Gasteiger partial charge in [0, 0.05) is 38.2 Å². The first-order chi connectivity index (χ1) is 15.9. The first-order valence-corrected chi connectivity index (χ1v) is 11.1. The van der Waals surface area contributed by atoms with Crippen molar-refractivity contribution in [2.45, 2.75) is 32.8 Å². The van der Waals surface area contributed by atoms with E-state index in [4.69, 9.17) is 9.15 Å². The van der Waals surface area contributed by atoms with Gasteiger partial charge in [-0.1, -0.05) is 6.92 Å². The van der Waals surface area contributed by atoms with Gasteiger partial charge in [0.15, 0.2) is 17.6 Å². The van der Waals surface area contributed by atoms with Gasteiger partial charge in [-0.25, -0.2) is 0 Å². The molecule has 3 heterocycles. The van der Waals surface area contributed by atoms with Gasteiger partial charge in [0.25, 0.3) is 11.8 Å². The number of ether oxygens (including phenoxy) is 1. The van der Waals surface area contributed by atoms with E-state index in [1.165, 1.54) is 11.2 Å². The van der Waals surface area contributed by atoms with Crippen molar-refractivity contribution in [3.05, 3.63) is 47.9 Å². The number of piperazine rings is 1. The molecule has 33 heavy (non-hydrogen) atoms. The van der Waals surface area contributed by atoms with Gasteiger partial charge in [-0.15, -0.1) is 0 Å². The molecule has 0 aliphatic carbocycles. The van der Waals surface area contributed by atoms with Crippen LogP contribution in [-0.2, 0) is 9.59 Å². The predicted octanol–water partition coefficient (Wildman–Crippen LogP) is 2.36. The molecule has 9 nitrogen and oxygen atoms in total. The summed E-state index contributed by atoms with van der Waals surface area (Å²) in [5, 5.41) is 0. The highest BCUT2D eigenvalue weighted by molar-refractivity contribution is 6.05. The normalized spacial score (nSPS) is 18.1. The van der Waals surface area contributed by atoms with Gasteiger partial charge in [-0.2, -0.15) is 0 Å². The Labute approximate surface area is 191 Å². The van der Waals surface area contributed by atoms with Crippen LogP contribution in [0.2, 0.25) is 0 Å². The van der Waals surface area contributed by atoms with E-state index < -0.39 is 6.10 Å². The molecule has 1 saturated heterocycles. The van der Waals surface area contributed by atoms with Crippen LogP contribution in [0, 0.1) is 0 Å². The lowest BCUT2D eigenvalue weighted by molar-refractivity contribution is -0.134. The number of Topliss-reactive ketones (excluding diaryl/α,β-unsaturated/α-hetero) is 1. The second-order valence-corrected chi connectivity index (χ2v) is 8.19. The molecule has 2 aliphatic rings. The van der Waals surface area contributed by atoms with Gasteiger partial charge in [0.05, 0.1) is 12.0 Å². The number of hydrogen-bond acceptors (Lipinski definition) is 6. The third-order valence-corrected chi connectivity index (χ3v) is 5.91. The molecule has 1 fully saturated rings. The van der Waals surface area contributed by atoms with Crippen molar-refractivity contribution in [3.8, 4) is 5.75 Å². The summed E-state index contributed by atoms with van der Waals surface area (Å²) >= 11 is 0. The molecule has 0 bridgehead atoms. The number of ketones is 1. The standard InChI is InChI=1S/C24H27N3O6/c1-3-5-19(28)17-7-8-20-18(14-17)27(23(30)16(2)33-20)15-22(29)25-9-11-26(12-10-25)24(31)21-6-4-13-32-21/h4,6-8,13-14,16H,3,5,9-12,15H2,1-2H3. The Hall–Kier alpha value is -3.62. The van der Waals surface area contributed by atoms with Gasteiger partial charge in [0.1, 0.15) is 12.3 Å². The van der Waals surface area contributed by atoms with Crippen LogP contribution in [0.1, 0.15) is 47.6 Å². The molecule has 174 valence electrons. The van der Waals surface area contributed by atoms with Crippen LogP contribution < -0.4 is 9.64 Å². The molecule has 0 spiro atoms. The fourth-order valence-electron chi connectivity index (χ4n) is 4.07. The highest BCUT2D eigenvalue weighted by Crippen LogP contribution is 2.35. The molecule has 1 atom stereocenters. The number of anilines is 1. The zero-order valence-corrected chi connectivity index (χ0v) is 18.8. The number of hydrogen-bond donors (Lipinski definition) is 0. The average molecular weight is 453 g/mol. The SMILES string of the molecule is CCCC(=O)c1ccc2c(c1)N(CC(=O)N1CCN(C(=O)c3ccco3)CC1)C(=O)C(C)O2. The number of carbonyl (C=O) groups is 4. The molecular weight excluding hydrogens is 426 g/mol. The maximum Gasteiger partial charge on any atom is 0.289 e. The van der Waals surface area contributed by atoms with Crippen molar-refractivity contribution in [1.29, 1.82) is 0 Å². The monoisotopic (exact) mass is 453 g/mol. The third-order valence-electron chi connectivity index (χ3n) is 5.91. The van der Waals surface area contributed by atoms with Gasteiger partial charge < -0.3 is 19.0 Å². The number of carbonyl (C=O) groups excluding carboxylic acids is 4. The van der Waals surface area contributed by atoms with Crippen LogP contribution in [0.25, 0.3) is 0 Å². The summed E-state index contributed by atoms with van der Waals surface area (Å²) in [6.45, 7) is 4.89. The summed E-state index contributed by atoms with van der Waals surface area (Å²) in [5.41, 5.74) is 0.920. The molecule has 3 amide bonds. The van der Waals surface area contributed by atoms with Gasteiger partial charge >= 0.3 is 0 Å². The predicted molar refractivity (Wildman–Crippen MR) is 119 cm³/mol. The fraction of sp³-hybridized carbons (Fsp3) is 0.417. The summed E-state index contributed by atoms with van der Waals surface area (Å²) in [5.74, 6) is -0.0386. The van der Waals surface area contributed by atoms with Crippen molar-refractivity contribution in [2.24, 2.45) is 0 Å². The third kappa shape index (κ3) is 4.62. The number of benzene rings is 1. The van der Waals surface area contributed by atoms with E-state index in [0.717, 1.165) is 6.42 Å². The van der Waals surface area contributed by atoms with Gasteiger partial charge in [-0.05, 0) is 43.7 Å². The first-order valence-electron chi connectivity index (χ1n) is 11.1. The van der Waals surface area contributed by atoms with Crippen LogP contribution >= 0.6 is 0 Å². The highest BCUT2D eigenvalue weighted by atomic mass is 16.5. The minimum absolute atomic E-state index is 0.0185. The average Bonchev–Trinajstić information content (AvgIpc) is 3.36.